The third kappa shape index (κ3) is 4.44. The zero-order chi connectivity index (χ0) is 13.8. The summed E-state index contributed by atoms with van der Waals surface area (Å²) in [5, 5.41) is 12.4. The number of alkyl halides is 1. The SMILES string of the molecule is CC1(C)CC1C(=O)N/C(=C/CCCCBr)C(=O)O. The van der Waals surface area contributed by atoms with Crippen LogP contribution in [0.2, 0.25) is 0 Å². The highest BCUT2D eigenvalue weighted by atomic mass is 79.9. The van der Waals surface area contributed by atoms with Gasteiger partial charge in [-0.05, 0) is 31.1 Å². The fourth-order valence-electron chi connectivity index (χ4n) is 1.81. The second-order valence-corrected chi connectivity index (χ2v) is 6.14. The Labute approximate surface area is 116 Å². The molecular weight excluding hydrogens is 298 g/mol. The third-order valence-corrected chi connectivity index (χ3v) is 3.82. The summed E-state index contributed by atoms with van der Waals surface area (Å²) in [4.78, 5) is 22.8. The van der Waals surface area contributed by atoms with E-state index in [9.17, 15) is 9.59 Å². The average molecular weight is 318 g/mol. The van der Waals surface area contributed by atoms with Crippen LogP contribution in [0.25, 0.3) is 0 Å². The number of aliphatic carboxylic acids is 1. The van der Waals surface area contributed by atoms with Gasteiger partial charge in [-0.2, -0.15) is 0 Å². The highest BCUT2D eigenvalue weighted by molar-refractivity contribution is 9.09. The third-order valence-electron chi connectivity index (χ3n) is 3.25. The summed E-state index contributed by atoms with van der Waals surface area (Å²) in [5.74, 6) is -1.29. The Morgan fingerprint density at radius 1 is 1.44 bits per heavy atom. The first-order valence-electron chi connectivity index (χ1n) is 6.19. The number of nitrogens with one attached hydrogen (secondary N) is 1. The first kappa shape index (κ1) is 15.2. The van der Waals surface area contributed by atoms with Crippen LogP contribution in [0.4, 0.5) is 0 Å². The lowest BCUT2D eigenvalue weighted by Crippen LogP contribution is -2.29. The Hall–Kier alpha value is -0.840. The summed E-state index contributed by atoms with van der Waals surface area (Å²) in [5.41, 5.74) is 0.0289. The lowest BCUT2D eigenvalue weighted by molar-refractivity contribution is -0.135. The van der Waals surface area contributed by atoms with E-state index < -0.39 is 5.97 Å². The molecule has 1 aliphatic rings. The zero-order valence-electron chi connectivity index (χ0n) is 10.8. The van der Waals surface area contributed by atoms with E-state index in [1.807, 2.05) is 13.8 Å². The van der Waals surface area contributed by atoms with Crippen LogP contribution in [0.15, 0.2) is 11.8 Å². The molecule has 1 aliphatic carbocycles. The maximum absolute atomic E-state index is 11.8. The van der Waals surface area contributed by atoms with Crippen LogP contribution in [0.3, 0.4) is 0 Å². The largest absolute Gasteiger partial charge is 0.477 e. The first-order valence-corrected chi connectivity index (χ1v) is 7.31. The van der Waals surface area contributed by atoms with Crippen molar-refractivity contribution in [2.45, 2.75) is 39.5 Å². The van der Waals surface area contributed by atoms with Crippen molar-refractivity contribution in [3.8, 4) is 0 Å². The van der Waals surface area contributed by atoms with Crippen molar-refractivity contribution in [3.05, 3.63) is 11.8 Å². The van der Waals surface area contributed by atoms with Gasteiger partial charge in [0.25, 0.3) is 0 Å². The molecule has 1 fully saturated rings. The Bertz CT molecular complexity index is 363. The van der Waals surface area contributed by atoms with E-state index in [0.717, 1.165) is 24.6 Å². The fraction of sp³-hybridized carbons (Fsp3) is 0.692. The second-order valence-electron chi connectivity index (χ2n) is 5.34. The molecule has 18 heavy (non-hydrogen) atoms. The van der Waals surface area contributed by atoms with Gasteiger partial charge in [-0.25, -0.2) is 4.79 Å². The normalized spacial score (nSPS) is 21.5. The van der Waals surface area contributed by atoms with Crippen LogP contribution in [0, 0.1) is 11.3 Å². The van der Waals surface area contributed by atoms with E-state index in [1.54, 1.807) is 6.08 Å². The molecule has 0 aromatic heterocycles. The van der Waals surface area contributed by atoms with Crippen molar-refractivity contribution in [3.63, 3.8) is 0 Å². The lowest BCUT2D eigenvalue weighted by atomic mass is 10.1. The number of carboxylic acid groups (broad SMARTS) is 1. The van der Waals surface area contributed by atoms with Crippen LogP contribution in [0.5, 0.6) is 0 Å². The molecule has 0 radical (unpaired) electrons. The number of carbonyl (C=O) groups excluding carboxylic acids is 1. The summed E-state index contributed by atoms with van der Waals surface area (Å²) < 4.78 is 0. The Morgan fingerprint density at radius 2 is 2.06 bits per heavy atom. The molecule has 102 valence electrons. The molecule has 4 nitrogen and oxygen atoms in total. The van der Waals surface area contributed by atoms with Crippen molar-refractivity contribution >= 4 is 27.8 Å². The van der Waals surface area contributed by atoms with E-state index in [2.05, 4.69) is 21.2 Å². The topological polar surface area (TPSA) is 66.4 Å². The molecule has 0 heterocycles. The molecule has 0 aromatic rings. The number of rotatable bonds is 7. The van der Waals surface area contributed by atoms with Gasteiger partial charge in [0, 0.05) is 11.2 Å². The summed E-state index contributed by atoms with van der Waals surface area (Å²) in [7, 11) is 0. The molecule has 1 rings (SSSR count). The van der Waals surface area contributed by atoms with Gasteiger partial charge in [-0.3, -0.25) is 4.79 Å². The number of carboxylic acids is 1. The quantitative estimate of drug-likeness (QED) is 0.431. The Balaban J connectivity index is 2.48. The Kier molecular flexibility index (Phi) is 5.38. The summed E-state index contributed by atoms with van der Waals surface area (Å²) >= 11 is 3.32. The predicted octanol–water partition coefficient (Wildman–Crippen LogP) is 2.68. The zero-order valence-corrected chi connectivity index (χ0v) is 12.4. The monoisotopic (exact) mass is 317 g/mol. The summed E-state index contributed by atoms with van der Waals surface area (Å²) in [6.07, 6.45) is 5.00. The number of allylic oxidation sites excluding steroid dienone is 1. The standard InChI is InChI=1S/C13H20BrNO3/c1-13(2)8-9(13)11(16)15-10(12(17)18)6-4-3-5-7-14/h6,9H,3-5,7-8H2,1-2H3,(H,15,16)(H,17,18)/b10-6+. The molecule has 0 bridgehead atoms. The van der Waals surface area contributed by atoms with Gasteiger partial charge >= 0.3 is 5.97 Å². The maximum Gasteiger partial charge on any atom is 0.352 e. The summed E-state index contributed by atoms with van der Waals surface area (Å²) in [6.45, 7) is 4.02. The first-order chi connectivity index (χ1) is 8.38. The van der Waals surface area contributed by atoms with Gasteiger partial charge < -0.3 is 10.4 Å². The minimum atomic E-state index is -1.07. The molecule has 0 aliphatic heterocycles. The van der Waals surface area contributed by atoms with Gasteiger partial charge in [0.15, 0.2) is 0 Å². The number of unbranched alkanes of at least 4 members (excludes halogenated alkanes) is 2. The molecule has 0 saturated heterocycles. The van der Waals surface area contributed by atoms with Crippen LogP contribution in [0.1, 0.15) is 39.5 Å². The maximum atomic E-state index is 11.8. The Morgan fingerprint density at radius 3 is 2.50 bits per heavy atom. The number of hydrogen-bond acceptors (Lipinski definition) is 2. The van der Waals surface area contributed by atoms with Gasteiger partial charge in [0.1, 0.15) is 5.70 Å². The minimum Gasteiger partial charge on any atom is -0.477 e. The molecule has 1 atom stereocenters. The molecule has 0 aromatic carbocycles. The highest BCUT2D eigenvalue weighted by Crippen LogP contribution is 2.51. The van der Waals surface area contributed by atoms with E-state index in [0.29, 0.717) is 6.42 Å². The minimum absolute atomic E-state index is 0.0114. The van der Waals surface area contributed by atoms with E-state index in [1.165, 1.54) is 0 Å². The fourth-order valence-corrected chi connectivity index (χ4v) is 2.21. The van der Waals surface area contributed by atoms with Gasteiger partial charge in [0.2, 0.25) is 5.91 Å². The smallest absolute Gasteiger partial charge is 0.352 e. The number of carbonyl (C=O) groups is 2. The van der Waals surface area contributed by atoms with E-state index >= 15 is 0 Å². The van der Waals surface area contributed by atoms with E-state index in [-0.39, 0.29) is 22.9 Å². The van der Waals surface area contributed by atoms with Crippen molar-refractivity contribution < 1.29 is 14.7 Å². The molecule has 5 heteroatoms. The highest BCUT2D eigenvalue weighted by Gasteiger charge is 2.50. The van der Waals surface area contributed by atoms with Crippen molar-refractivity contribution in [2.24, 2.45) is 11.3 Å². The van der Waals surface area contributed by atoms with Gasteiger partial charge in [-0.1, -0.05) is 35.9 Å². The molecule has 2 N–H and O–H groups in total. The van der Waals surface area contributed by atoms with Crippen LogP contribution < -0.4 is 5.32 Å². The lowest BCUT2D eigenvalue weighted by Gasteiger charge is -2.07. The number of hydrogen-bond donors (Lipinski definition) is 2. The van der Waals surface area contributed by atoms with Crippen LogP contribution in [-0.4, -0.2) is 22.3 Å². The van der Waals surface area contributed by atoms with Crippen molar-refractivity contribution in [1.82, 2.24) is 5.32 Å². The molecule has 1 amide bonds. The average Bonchev–Trinajstić information content (AvgIpc) is 2.92. The van der Waals surface area contributed by atoms with Gasteiger partial charge in [0.05, 0.1) is 0 Å². The second kappa shape index (κ2) is 6.36. The molecule has 0 spiro atoms. The molecule has 1 saturated carbocycles. The molecule has 1 unspecified atom stereocenters. The predicted molar refractivity (Wildman–Crippen MR) is 73.4 cm³/mol. The number of amides is 1. The van der Waals surface area contributed by atoms with Gasteiger partial charge in [-0.15, -0.1) is 0 Å². The van der Waals surface area contributed by atoms with E-state index in [4.69, 9.17) is 5.11 Å². The van der Waals surface area contributed by atoms with Crippen LogP contribution >= 0.6 is 15.9 Å². The van der Waals surface area contributed by atoms with Crippen LogP contribution in [-0.2, 0) is 9.59 Å². The van der Waals surface area contributed by atoms with Crippen molar-refractivity contribution in [1.29, 1.82) is 0 Å². The molecular formula is C13H20BrNO3. The summed E-state index contributed by atoms with van der Waals surface area (Å²) in [6, 6.07) is 0. The van der Waals surface area contributed by atoms with Crippen molar-refractivity contribution in [2.75, 3.05) is 5.33 Å². The number of halogens is 1.